The molecule has 0 spiro atoms. The number of carbonyl (C=O) groups excluding carboxylic acids is 2. The zero-order valence-electron chi connectivity index (χ0n) is 14.6. The van der Waals surface area contributed by atoms with Gasteiger partial charge < -0.3 is 4.74 Å². The van der Waals surface area contributed by atoms with Gasteiger partial charge in [-0.1, -0.05) is 6.07 Å². The maximum absolute atomic E-state index is 12.8. The second-order valence-electron chi connectivity index (χ2n) is 6.51. The van der Waals surface area contributed by atoms with Crippen molar-refractivity contribution in [3.8, 4) is 0 Å². The van der Waals surface area contributed by atoms with Crippen LogP contribution in [0.2, 0.25) is 0 Å². The highest BCUT2D eigenvalue weighted by molar-refractivity contribution is 7.89. The molecule has 1 N–H and O–H groups in total. The van der Waals surface area contributed by atoms with Crippen LogP contribution in [0, 0.1) is 0 Å². The predicted octanol–water partition coefficient (Wildman–Crippen LogP) is 0.564. The molecule has 0 bridgehead atoms. The average Bonchev–Trinajstić information content (AvgIpc) is 3.22. The number of nitrogens with zero attached hydrogens (tertiary/aromatic N) is 3. The number of amides is 1. The van der Waals surface area contributed by atoms with Crippen LogP contribution in [0.15, 0.2) is 35.4 Å². The van der Waals surface area contributed by atoms with E-state index in [1.807, 2.05) is 0 Å². The van der Waals surface area contributed by atoms with Crippen molar-refractivity contribution in [2.24, 2.45) is 7.05 Å². The number of nitrogens with one attached hydrogen (secondary N) is 1. The average molecular weight is 390 g/mol. The smallest absolute Gasteiger partial charge is 0.338 e. The van der Waals surface area contributed by atoms with Crippen LogP contribution in [0.5, 0.6) is 0 Å². The number of cyclic esters (lactones) is 1. The van der Waals surface area contributed by atoms with Crippen LogP contribution in [0.1, 0.15) is 28.8 Å². The molecule has 3 heterocycles. The normalized spacial score (nSPS) is 19.9. The van der Waals surface area contributed by atoms with Crippen molar-refractivity contribution in [2.45, 2.75) is 30.4 Å². The maximum Gasteiger partial charge on any atom is 0.338 e. The Hall–Kier alpha value is -2.72. The lowest BCUT2D eigenvalue weighted by Crippen LogP contribution is -2.52. The largest absolute Gasteiger partial charge is 0.457 e. The fraction of sp³-hybridized carbons (Fsp3) is 0.353. The third kappa shape index (κ3) is 3.10. The third-order valence-electron chi connectivity index (χ3n) is 4.78. The number of hydrogen-bond acceptors (Lipinski definition) is 6. The lowest BCUT2D eigenvalue weighted by Gasteiger charge is -2.32. The van der Waals surface area contributed by atoms with Gasteiger partial charge in [0.05, 0.1) is 16.7 Å². The van der Waals surface area contributed by atoms with Crippen molar-refractivity contribution in [1.29, 1.82) is 0 Å². The Morgan fingerprint density at radius 2 is 2.07 bits per heavy atom. The first-order chi connectivity index (χ1) is 12.9. The number of fused-ring (bicyclic) bond motifs is 1. The van der Waals surface area contributed by atoms with Gasteiger partial charge in [0.1, 0.15) is 18.5 Å². The van der Waals surface area contributed by atoms with Gasteiger partial charge in [-0.25, -0.2) is 13.2 Å². The highest BCUT2D eigenvalue weighted by atomic mass is 32.2. The molecule has 9 nitrogen and oxygen atoms in total. The van der Waals surface area contributed by atoms with Gasteiger partial charge in [0.15, 0.2) is 0 Å². The molecular formula is C17H18N4O5S. The van der Waals surface area contributed by atoms with Gasteiger partial charge in [0.2, 0.25) is 15.9 Å². The lowest BCUT2D eigenvalue weighted by molar-refractivity contribution is -0.121. The van der Waals surface area contributed by atoms with E-state index in [9.17, 15) is 18.0 Å². The van der Waals surface area contributed by atoms with E-state index in [0.717, 1.165) is 0 Å². The topological polar surface area (TPSA) is 111 Å². The number of piperidine rings is 1. The molecule has 2 aliphatic heterocycles. The molecule has 1 aromatic carbocycles. The van der Waals surface area contributed by atoms with Crippen LogP contribution < -0.4 is 9.62 Å². The molecule has 0 saturated carbocycles. The van der Waals surface area contributed by atoms with Crippen LogP contribution in [0.3, 0.4) is 0 Å². The van der Waals surface area contributed by atoms with Gasteiger partial charge in [-0.2, -0.15) is 9.82 Å². The maximum atomic E-state index is 12.8. The van der Waals surface area contributed by atoms with Crippen molar-refractivity contribution in [3.63, 3.8) is 0 Å². The predicted molar refractivity (Wildman–Crippen MR) is 94.5 cm³/mol. The molecule has 2 aliphatic rings. The number of sulfonamides is 1. The molecule has 1 unspecified atom stereocenters. The molecule has 2 aromatic rings. The molecular weight excluding hydrogens is 372 g/mol. The highest BCUT2D eigenvalue weighted by Gasteiger charge is 2.34. The molecule has 1 atom stereocenters. The van der Waals surface area contributed by atoms with E-state index in [1.54, 1.807) is 30.1 Å². The summed E-state index contributed by atoms with van der Waals surface area (Å²) in [6.07, 6.45) is 2.64. The van der Waals surface area contributed by atoms with Crippen LogP contribution in [-0.2, 0) is 33.2 Å². The Kier molecular flexibility index (Phi) is 4.23. The summed E-state index contributed by atoms with van der Waals surface area (Å²) < 4.78 is 34.5. The van der Waals surface area contributed by atoms with Crippen LogP contribution >= 0.6 is 0 Å². The van der Waals surface area contributed by atoms with Crippen molar-refractivity contribution in [2.75, 3.05) is 11.4 Å². The van der Waals surface area contributed by atoms with Crippen molar-refractivity contribution in [1.82, 2.24) is 14.5 Å². The summed E-state index contributed by atoms with van der Waals surface area (Å²) in [5.74, 6) is -0.253. The van der Waals surface area contributed by atoms with E-state index in [0.29, 0.717) is 30.8 Å². The number of anilines is 1. The second-order valence-corrected chi connectivity index (χ2v) is 8.23. The van der Waals surface area contributed by atoms with E-state index in [4.69, 9.17) is 4.74 Å². The van der Waals surface area contributed by atoms with Gasteiger partial charge in [0, 0.05) is 25.2 Å². The van der Waals surface area contributed by atoms with E-state index in [-0.39, 0.29) is 23.0 Å². The van der Waals surface area contributed by atoms with Crippen LogP contribution in [0.4, 0.5) is 5.82 Å². The molecule has 0 aliphatic carbocycles. The van der Waals surface area contributed by atoms with Gasteiger partial charge >= 0.3 is 5.97 Å². The molecule has 1 fully saturated rings. The van der Waals surface area contributed by atoms with Crippen molar-refractivity contribution in [3.05, 3.63) is 41.6 Å². The number of hydrogen-bond donors (Lipinski definition) is 1. The molecule has 4 rings (SSSR count). The second kappa shape index (κ2) is 6.46. The molecule has 0 radical (unpaired) electrons. The summed E-state index contributed by atoms with van der Waals surface area (Å²) in [6.45, 7) is 0.643. The number of rotatable bonds is 4. The Bertz CT molecular complexity index is 1030. The monoisotopic (exact) mass is 390 g/mol. The Labute approximate surface area is 156 Å². The number of benzene rings is 1. The zero-order chi connectivity index (χ0) is 19.2. The number of carbonyl (C=O) groups is 2. The molecule has 1 amide bonds. The Morgan fingerprint density at radius 1 is 1.26 bits per heavy atom. The minimum absolute atomic E-state index is 0.0643. The number of aryl methyl sites for hydroxylation is 1. The minimum Gasteiger partial charge on any atom is -0.457 e. The Balaban J connectivity index is 1.57. The van der Waals surface area contributed by atoms with Gasteiger partial charge in [-0.15, -0.1) is 0 Å². The summed E-state index contributed by atoms with van der Waals surface area (Å²) in [4.78, 5) is 26.0. The van der Waals surface area contributed by atoms with E-state index >= 15 is 0 Å². The van der Waals surface area contributed by atoms with Gasteiger partial charge in [-0.3, -0.25) is 14.4 Å². The van der Waals surface area contributed by atoms with Crippen LogP contribution in [0.25, 0.3) is 0 Å². The fourth-order valence-electron chi connectivity index (χ4n) is 3.36. The summed E-state index contributed by atoms with van der Waals surface area (Å²) in [5, 5.41) is 4.05. The summed E-state index contributed by atoms with van der Waals surface area (Å²) >= 11 is 0. The molecule has 1 aromatic heterocycles. The van der Waals surface area contributed by atoms with Crippen LogP contribution in [-0.4, -0.2) is 42.7 Å². The molecule has 10 heteroatoms. The van der Waals surface area contributed by atoms with Crippen molar-refractivity contribution < 1.29 is 22.7 Å². The zero-order valence-corrected chi connectivity index (χ0v) is 15.4. The van der Waals surface area contributed by atoms with E-state index in [1.165, 1.54) is 17.0 Å². The summed E-state index contributed by atoms with van der Waals surface area (Å²) in [5.41, 5.74) is 0.888. The highest BCUT2D eigenvalue weighted by Crippen LogP contribution is 2.25. The summed E-state index contributed by atoms with van der Waals surface area (Å²) in [6, 6.07) is 5.09. The first-order valence-corrected chi connectivity index (χ1v) is 9.97. The Morgan fingerprint density at radius 3 is 2.81 bits per heavy atom. The standard InChI is InChI=1S/C17H18N4O5S/c1-20-15(6-7-18-20)21-8-2-3-14(16(21)22)19-27(24,25)12-5-4-11-10-26-17(23)13(11)9-12/h4-7,9,14,19H,2-3,8,10H2,1H3. The minimum atomic E-state index is -3.97. The first-order valence-electron chi connectivity index (χ1n) is 8.48. The number of aromatic nitrogens is 2. The third-order valence-corrected chi connectivity index (χ3v) is 6.25. The first kappa shape index (κ1) is 17.7. The lowest BCUT2D eigenvalue weighted by atomic mass is 10.1. The molecule has 27 heavy (non-hydrogen) atoms. The van der Waals surface area contributed by atoms with Gasteiger partial charge in [-0.05, 0) is 25.0 Å². The number of ether oxygens (including phenoxy) is 1. The van der Waals surface area contributed by atoms with E-state index < -0.39 is 22.0 Å². The van der Waals surface area contributed by atoms with Gasteiger partial charge in [0.25, 0.3) is 0 Å². The fourth-order valence-corrected chi connectivity index (χ4v) is 4.61. The summed E-state index contributed by atoms with van der Waals surface area (Å²) in [7, 11) is -2.25. The van der Waals surface area contributed by atoms with E-state index in [2.05, 4.69) is 9.82 Å². The SMILES string of the molecule is Cn1nccc1N1CCCC(NS(=O)(=O)c2ccc3c(c2)C(=O)OC3)C1=O. The number of esters is 1. The van der Waals surface area contributed by atoms with Crippen molar-refractivity contribution >= 4 is 27.7 Å². The molecule has 1 saturated heterocycles. The molecule has 142 valence electrons. The quantitative estimate of drug-likeness (QED) is 0.764.